The molecule has 0 unspecified atom stereocenters. The second-order valence-electron chi connectivity index (χ2n) is 5.58. The van der Waals surface area contributed by atoms with E-state index in [2.05, 4.69) is 31.6 Å². The Balaban J connectivity index is 1.83. The van der Waals surface area contributed by atoms with Gasteiger partial charge in [0.2, 0.25) is 5.95 Å². The molecule has 0 aliphatic carbocycles. The lowest BCUT2D eigenvalue weighted by atomic mass is 10.1. The van der Waals surface area contributed by atoms with E-state index >= 15 is 0 Å². The summed E-state index contributed by atoms with van der Waals surface area (Å²) in [6, 6.07) is 9.55. The minimum Gasteiger partial charge on any atom is -0.299 e. The molecule has 3 heterocycles. The largest absolute Gasteiger partial charge is 0.299 e. The van der Waals surface area contributed by atoms with Crippen LogP contribution in [0.3, 0.4) is 0 Å². The average molecular weight is 362 g/mol. The Kier molecular flexibility index (Phi) is 3.95. The van der Waals surface area contributed by atoms with Crippen LogP contribution < -0.4 is 5.32 Å². The van der Waals surface area contributed by atoms with Crippen LogP contribution >= 0.6 is 11.3 Å². The Morgan fingerprint density at radius 3 is 2.85 bits per heavy atom. The minimum atomic E-state index is 0.461. The second kappa shape index (κ2) is 6.42. The standard InChI is InChI=1S/C17H14N8S/c1-10-20-16(24-23-10)22-17-21-14(13-5-3-4-12(8-13)9-18)15(26-17)25-7-6-19-11(25)2/h3-8H,1-2H3,(H2,20,21,22,23,24). The summed E-state index contributed by atoms with van der Waals surface area (Å²) in [6.07, 6.45) is 3.64. The van der Waals surface area contributed by atoms with Crippen molar-refractivity contribution < 1.29 is 0 Å². The van der Waals surface area contributed by atoms with Gasteiger partial charge >= 0.3 is 0 Å². The number of thiazole rings is 1. The molecule has 0 saturated carbocycles. The van der Waals surface area contributed by atoms with Gasteiger partial charge in [0.15, 0.2) is 5.13 Å². The predicted octanol–water partition coefficient (Wildman–Crippen LogP) is 3.35. The van der Waals surface area contributed by atoms with E-state index in [-0.39, 0.29) is 0 Å². The van der Waals surface area contributed by atoms with Crippen molar-refractivity contribution in [1.82, 2.24) is 29.7 Å². The molecule has 26 heavy (non-hydrogen) atoms. The van der Waals surface area contributed by atoms with Crippen LogP contribution in [0.25, 0.3) is 16.3 Å². The van der Waals surface area contributed by atoms with Crippen molar-refractivity contribution >= 4 is 22.4 Å². The summed E-state index contributed by atoms with van der Waals surface area (Å²) in [5.74, 6) is 2.03. The van der Waals surface area contributed by atoms with Crippen LogP contribution in [0.15, 0.2) is 36.7 Å². The first-order valence-corrected chi connectivity index (χ1v) is 8.63. The molecule has 2 N–H and O–H groups in total. The van der Waals surface area contributed by atoms with Gasteiger partial charge in [-0.05, 0) is 26.0 Å². The number of anilines is 2. The number of nitrogens with zero attached hydrogens (tertiary/aromatic N) is 6. The van der Waals surface area contributed by atoms with E-state index in [0.717, 1.165) is 27.9 Å². The molecule has 4 rings (SSSR count). The zero-order chi connectivity index (χ0) is 18.1. The summed E-state index contributed by atoms with van der Waals surface area (Å²) in [7, 11) is 0. The number of hydrogen-bond acceptors (Lipinski definition) is 7. The zero-order valence-electron chi connectivity index (χ0n) is 14.1. The normalized spacial score (nSPS) is 10.7. The molecular formula is C17H14N8S. The second-order valence-corrected chi connectivity index (χ2v) is 6.56. The van der Waals surface area contributed by atoms with Crippen LogP contribution in [-0.2, 0) is 0 Å². The van der Waals surface area contributed by atoms with E-state index < -0.39 is 0 Å². The fourth-order valence-corrected chi connectivity index (χ4v) is 3.55. The molecule has 128 valence electrons. The molecule has 0 atom stereocenters. The van der Waals surface area contributed by atoms with Crippen LogP contribution in [0.5, 0.6) is 0 Å². The summed E-state index contributed by atoms with van der Waals surface area (Å²) >= 11 is 1.47. The molecule has 0 fully saturated rings. The lowest BCUT2D eigenvalue weighted by molar-refractivity contribution is 0.991. The highest BCUT2D eigenvalue weighted by atomic mass is 32.1. The van der Waals surface area contributed by atoms with Crippen molar-refractivity contribution in [3.8, 4) is 22.3 Å². The topological polar surface area (TPSA) is 108 Å². The molecule has 0 radical (unpaired) electrons. The molecule has 3 aromatic heterocycles. The van der Waals surface area contributed by atoms with Gasteiger partial charge in [-0.15, -0.1) is 5.10 Å². The van der Waals surface area contributed by atoms with E-state index in [1.807, 2.05) is 42.8 Å². The lowest BCUT2D eigenvalue weighted by Gasteiger charge is -2.05. The van der Waals surface area contributed by atoms with Crippen LogP contribution in [0.4, 0.5) is 11.1 Å². The Bertz CT molecular complexity index is 1110. The minimum absolute atomic E-state index is 0.461. The number of nitrogens with one attached hydrogen (secondary N) is 2. The molecular weight excluding hydrogens is 348 g/mol. The highest BCUT2D eigenvalue weighted by molar-refractivity contribution is 7.18. The highest BCUT2D eigenvalue weighted by Gasteiger charge is 2.17. The third-order valence-electron chi connectivity index (χ3n) is 3.73. The van der Waals surface area contributed by atoms with E-state index in [1.165, 1.54) is 11.3 Å². The molecule has 0 amide bonds. The third kappa shape index (κ3) is 2.94. The van der Waals surface area contributed by atoms with Gasteiger partial charge < -0.3 is 0 Å². The quantitative estimate of drug-likeness (QED) is 0.576. The van der Waals surface area contributed by atoms with Crippen molar-refractivity contribution in [3.63, 3.8) is 0 Å². The Hall–Kier alpha value is -3.51. The maximum atomic E-state index is 9.19. The third-order valence-corrected chi connectivity index (χ3v) is 4.70. The molecule has 0 aliphatic rings. The van der Waals surface area contributed by atoms with Crippen molar-refractivity contribution in [3.05, 3.63) is 53.9 Å². The summed E-state index contributed by atoms with van der Waals surface area (Å²) in [5.41, 5.74) is 2.22. The molecule has 0 aliphatic heterocycles. The molecule has 8 nitrogen and oxygen atoms in total. The summed E-state index contributed by atoms with van der Waals surface area (Å²) in [6.45, 7) is 3.76. The zero-order valence-corrected chi connectivity index (χ0v) is 14.9. The number of rotatable bonds is 4. The highest BCUT2D eigenvalue weighted by Crippen LogP contribution is 2.36. The number of aromatic amines is 1. The van der Waals surface area contributed by atoms with Crippen LogP contribution in [0, 0.1) is 25.2 Å². The van der Waals surface area contributed by atoms with Crippen LogP contribution in [0.1, 0.15) is 17.2 Å². The number of imidazole rings is 1. The Morgan fingerprint density at radius 2 is 2.15 bits per heavy atom. The molecule has 9 heteroatoms. The molecule has 0 bridgehead atoms. The van der Waals surface area contributed by atoms with Gasteiger partial charge in [0.05, 0.1) is 11.6 Å². The van der Waals surface area contributed by atoms with E-state index in [1.54, 1.807) is 12.3 Å². The first kappa shape index (κ1) is 16.0. The van der Waals surface area contributed by atoms with E-state index in [4.69, 9.17) is 4.98 Å². The van der Waals surface area contributed by atoms with Crippen molar-refractivity contribution in [2.24, 2.45) is 0 Å². The first-order valence-electron chi connectivity index (χ1n) is 7.82. The van der Waals surface area contributed by atoms with Gasteiger partial charge in [-0.3, -0.25) is 15.0 Å². The first-order chi connectivity index (χ1) is 12.6. The number of nitriles is 1. The van der Waals surface area contributed by atoms with Gasteiger partial charge in [0, 0.05) is 18.0 Å². The molecule has 1 aromatic carbocycles. The number of aryl methyl sites for hydroxylation is 2. The maximum absolute atomic E-state index is 9.19. The van der Waals surface area contributed by atoms with Crippen molar-refractivity contribution in [1.29, 1.82) is 5.26 Å². The lowest BCUT2D eigenvalue weighted by Crippen LogP contribution is -1.95. The van der Waals surface area contributed by atoms with Gasteiger partial charge in [0.1, 0.15) is 22.3 Å². The van der Waals surface area contributed by atoms with E-state index in [0.29, 0.717) is 16.6 Å². The smallest absolute Gasteiger partial charge is 0.248 e. The Morgan fingerprint density at radius 1 is 1.27 bits per heavy atom. The van der Waals surface area contributed by atoms with Gasteiger partial charge in [-0.1, -0.05) is 23.5 Å². The summed E-state index contributed by atoms with van der Waals surface area (Å²) in [5, 5.41) is 20.8. The summed E-state index contributed by atoms with van der Waals surface area (Å²) in [4.78, 5) is 13.3. The van der Waals surface area contributed by atoms with Gasteiger partial charge in [-0.25, -0.2) is 9.97 Å². The molecule has 0 spiro atoms. The van der Waals surface area contributed by atoms with Crippen LogP contribution in [0.2, 0.25) is 0 Å². The van der Waals surface area contributed by atoms with Gasteiger partial charge in [0.25, 0.3) is 0 Å². The number of H-pyrrole nitrogens is 1. The van der Waals surface area contributed by atoms with Crippen molar-refractivity contribution in [2.75, 3.05) is 5.32 Å². The molecule has 0 saturated heterocycles. The monoisotopic (exact) mass is 362 g/mol. The predicted molar refractivity (Wildman–Crippen MR) is 98.5 cm³/mol. The Labute approximate surface area is 153 Å². The van der Waals surface area contributed by atoms with Crippen LogP contribution in [-0.4, -0.2) is 29.7 Å². The number of benzene rings is 1. The fraction of sp³-hybridized carbons (Fsp3) is 0.118. The molecule has 4 aromatic rings. The van der Waals surface area contributed by atoms with E-state index in [9.17, 15) is 5.26 Å². The van der Waals surface area contributed by atoms with Gasteiger partial charge in [-0.2, -0.15) is 10.2 Å². The SMILES string of the molecule is Cc1nc(Nc2nc(-c3cccc(C#N)c3)c(-n3ccnc3C)s2)n[nH]1. The number of aromatic nitrogens is 6. The number of hydrogen-bond donors (Lipinski definition) is 2. The van der Waals surface area contributed by atoms with Crippen molar-refractivity contribution in [2.45, 2.75) is 13.8 Å². The average Bonchev–Trinajstić information content (AvgIpc) is 3.35. The summed E-state index contributed by atoms with van der Waals surface area (Å²) < 4.78 is 1.97. The fourth-order valence-electron chi connectivity index (χ4n) is 2.54. The maximum Gasteiger partial charge on any atom is 0.248 e.